The molecule has 0 bridgehead atoms. The van der Waals surface area contributed by atoms with Gasteiger partial charge in [-0.3, -0.25) is 0 Å². The zero-order chi connectivity index (χ0) is 6.15. The van der Waals surface area contributed by atoms with Gasteiger partial charge in [0.1, 0.15) is 0 Å². The maximum Gasteiger partial charge on any atom is 0.0716 e. The van der Waals surface area contributed by atoms with Crippen LogP contribution in [0.5, 0.6) is 0 Å². The number of thiophene rings is 1. The Bertz CT molecular complexity index is 175. The van der Waals surface area contributed by atoms with Gasteiger partial charge in [0.25, 0.3) is 0 Å². The molecule has 0 aliphatic rings. The van der Waals surface area contributed by atoms with Gasteiger partial charge in [-0.25, -0.2) is 0 Å². The predicted octanol–water partition coefficient (Wildman–Crippen LogP) is 3.47. The summed E-state index contributed by atoms with van der Waals surface area (Å²) in [6.45, 7) is 2.00. The van der Waals surface area contributed by atoms with E-state index in [2.05, 4.69) is 15.9 Å². The molecule has 1 aromatic rings. The largest absolute Gasteiger partial charge is 0.132 e. The third-order valence-corrected chi connectivity index (χ3v) is 2.89. The van der Waals surface area contributed by atoms with Crippen LogP contribution in [0.1, 0.15) is 4.88 Å². The summed E-state index contributed by atoms with van der Waals surface area (Å²) in [7, 11) is 0. The monoisotopic (exact) mass is 210 g/mol. The molecule has 0 radical (unpaired) electrons. The first kappa shape index (κ1) is 6.59. The number of halogens is 2. The molecule has 0 aliphatic heterocycles. The van der Waals surface area contributed by atoms with Gasteiger partial charge in [-0.1, -0.05) is 11.6 Å². The van der Waals surface area contributed by atoms with Crippen LogP contribution < -0.4 is 0 Å². The van der Waals surface area contributed by atoms with Crippen LogP contribution in [0.2, 0.25) is 5.02 Å². The van der Waals surface area contributed by atoms with Crippen LogP contribution in [0.15, 0.2) is 9.85 Å². The topological polar surface area (TPSA) is 0 Å². The van der Waals surface area contributed by atoms with E-state index in [0.717, 1.165) is 8.81 Å². The molecule has 0 spiro atoms. The van der Waals surface area contributed by atoms with Gasteiger partial charge in [-0.05, 0) is 28.9 Å². The lowest BCUT2D eigenvalue weighted by molar-refractivity contribution is 1.64. The highest BCUT2D eigenvalue weighted by Gasteiger charge is 1.97. The highest BCUT2D eigenvalue weighted by atomic mass is 79.9. The predicted molar refractivity (Wildman–Crippen MR) is 41.8 cm³/mol. The second-order valence-corrected chi connectivity index (χ2v) is 4.50. The lowest BCUT2D eigenvalue weighted by Crippen LogP contribution is -1.52. The van der Waals surface area contributed by atoms with Crippen LogP contribution >= 0.6 is 38.9 Å². The Morgan fingerprint density at radius 3 is 2.50 bits per heavy atom. The minimum atomic E-state index is 0.849. The summed E-state index contributed by atoms with van der Waals surface area (Å²) in [5, 5.41) is 0.849. The summed E-state index contributed by atoms with van der Waals surface area (Å²) in [5.74, 6) is 0. The lowest BCUT2D eigenvalue weighted by Gasteiger charge is -1.76. The van der Waals surface area contributed by atoms with Crippen LogP contribution in [0.3, 0.4) is 0 Å². The highest BCUT2D eigenvalue weighted by molar-refractivity contribution is 9.11. The van der Waals surface area contributed by atoms with E-state index in [1.165, 1.54) is 4.88 Å². The van der Waals surface area contributed by atoms with Crippen LogP contribution in [0.25, 0.3) is 0 Å². The molecule has 0 saturated heterocycles. The van der Waals surface area contributed by atoms with Crippen molar-refractivity contribution in [3.63, 3.8) is 0 Å². The van der Waals surface area contributed by atoms with Gasteiger partial charge in [-0.15, -0.1) is 11.3 Å². The zero-order valence-corrected chi connectivity index (χ0v) is 7.40. The fraction of sp³-hybridized carbons (Fsp3) is 0.200. The van der Waals surface area contributed by atoms with Gasteiger partial charge in [-0.2, -0.15) is 0 Å². The molecule has 1 heterocycles. The standard InChI is InChI=1S/C5H4BrClS/c1-3-4(7)2-5(6)8-3/h2H,1H3. The Kier molecular flexibility index (Phi) is 1.96. The summed E-state index contributed by atoms with van der Waals surface area (Å²) in [4.78, 5) is 1.17. The maximum atomic E-state index is 5.71. The third kappa shape index (κ3) is 1.24. The van der Waals surface area contributed by atoms with E-state index >= 15 is 0 Å². The zero-order valence-electron chi connectivity index (χ0n) is 4.24. The summed E-state index contributed by atoms with van der Waals surface area (Å²) >= 11 is 10.7. The van der Waals surface area contributed by atoms with Gasteiger partial charge in [0.15, 0.2) is 0 Å². The highest BCUT2D eigenvalue weighted by Crippen LogP contribution is 2.29. The van der Waals surface area contributed by atoms with E-state index in [0.29, 0.717) is 0 Å². The number of hydrogen-bond acceptors (Lipinski definition) is 1. The molecule has 1 aromatic heterocycles. The first-order chi connectivity index (χ1) is 3.70. The minimum Gasteiger partial charge on any atom is -0.132 e. The number of aryl methyl sites for hydroxylation is 1. The van der Waals surface area contributed by atoms with E-state index < -0.39 is 0 Å². The fourth-order valence-electron chi connectivity index (χ4n) is 0.426. The lowest BCUT2D eigenvalue weighted by atomic mass is 10.5. The second kappa shape index (κ2) is 2.38. The molecule has 8 heavy (non-hydrogen) atoms. The smallest absolute Gasteiger partial charge is 0.0716 e. The van der Waals surface area contributed by atoms with Gasteiger partial charge in [0.05, 0.1) is 8.81 Å². The Balaban J connectivity index is 3.14. The molecule has 0 N–H and O–H groups in total. The van der Waals surface area contributed by atoms with E-state index in [1.807, 2.05) is 13.0 Å². The molecule has 1 rings (SSSR count). The number of hydrogen-bond donors (Lipinski definition) is 0. The van der Waals surface area contributed by atoms with Crippen molar-refractivity contribution in [2.24, 2.45) is 0 Å². The normalized spacial score (nSPS) is 9.88. The summed E-state index contributed by atoms with van der Waals surface area (Å²) < 4.78 is 1.10. The maximum absolute atomic E-state index is 5.71. The SMILES string of the molecule is Cc1sc(Br)cc1Cl. The Hall–Kier alpha value is 0.470. The first-order valence-electron chi connectivity index (χ1n) is 2.11. The van der Waals surface area contributed by atoms with Crippen molar-refractivity contribution >= 4 is 38.9 Å². The Labute approximate surface area is 65.6 Å². The molecule has 0 unspecified atom stereocenters. The van der Waals surface area contributed by atoms with Crippen LogP contribution in [0.4, 0.5) is 0 Å². The summed E-state index contributed by atoms with van der Waals surface area (Å²) in [6.07, 6.45) is 0. The average Bonchev–Trinajstić information content (AvgIpc) is 1.85. The van der Waals surface area contributed by atoms with Crippen molar-refractivity contribution in [2.45, 2.75) is 6.92 Å². The van der Waals surface area contributed by atoms with E-state index in [9.17, 15) is 0 Å². The number of rotatable bonds is 0. The van der Waals surface area contributed by atoms with Gasteiger partial charge in [0, 0.05) is 4.88 Å². The Morgan fingerprint density at radius 1 is 1.75 bits per heavy atom. The third-order valence-electron chi connectivity index (χ3n) is 0.827. The van der Waals surface area contributed by atoms with E-state index in [1.54, 1.807) is 11.3 Å². The van der Waals surface area contributed by atoms with Crippen LogP contribution in [0, 0.1) is 6.92 Å². The van der Waals surface area contributed by atoms with Crippen LogP contribution in [-0.2, 0) is 0 Å². The molecule has 0 aliphatic carbocycles. The average molecular weight is 212 g/mol. The Morgan fingerprint density at radius 2 is 2.38 bits per heavy atom. The minimum absolute atomic E-state index is 0.849. The molecular formula is C5H4BrClS. The fourth-order valence-corrected chi connectivity index (χ4v) is 2.43. The second-order valence-electron chi connectivity index (χ2n) is 1.45. The molecule has 0 aromatic carbocycles. The van der Waals surface area contributed by atoms with Crippen molar-refractivity contribution in [1.82, 2.24) is 0 Å². The van der Waals surface area contributed by atoms with Crippen molar-refractivity contribution in [2.75, 3.05) is 0 Å². The molecule has 3 heteroatoms. The molecular weight excluding hydrogens is 207 g/mol. The van der Waals surface area contributed by atoms with Gasteiger partial charge in [0.2, 0.25) is 0 Å². The van der Waals surface area contributed by atoms with Gasteiger partial charge < -0.3 is 0 Å². The molecule has 0 nitrogen and oxygen atoms in total. The van der Waals surface area contributed by atoms with Crippen molar-refractivity contribution in [3.8, 4) is 0 Å². The van der Waals surface area contributed by atoms with Crippen molar-refractivity contribution in [3.05, 3.63) is 19.8 Å². The molecule has 0 atom stereocenters. The van der Waals surface area contributed by atoms with Crippen molar-refractivity contribution < 1.29 is 0 Å². The van der Waals surface area contributed by atoms with E-state index in [-0.39, 0.29) is 0 Å². The molecule has 0 amide bonds. The first-order valence-corrected chi connectivity index (χ1v) is 4.10. The van der Waals surface area contributed by atoms with E-state index in [4.69, 9.17) is 11.6 Å². The summed E-state index contributed by atoms with van der Waals surface area (Å²) in [6, 6.07) is 1.90. The molecule has 0 saturated carbocycles. The van der Waals surface area contributed by atoms with Crippen LogP contribution in [-0.4, -0.2) is 0 Å². The summed E-state index contributed by atoms with van der Waals surface area (Å²) in [5.41, 5.74) is 0. The molecule has 44 valence electrons. The quantitative estimate of drug-likeness (QED) is 0.616. The molecule has 0 fully saturated rings. The van der Waals surface area contributed by atoms with Gasteiger partial charge >= 0.3 is 0 Å². The van der Waals surface area contributed by atoms with Crippen molar-refractivity contribution in [1.29, 1.82) is 0 Å².